The van der Waals surface area contributed by atoms with Crippen LogP contribution in [0, 0.1) is 46.3 Å². The number of esters is 1. The highest BCUT2D eigenvalue weighted by Gasteiger charge is 2.60. The van der Waals surface area contributed by atoms with E-state index in [1.54, 1.807) is 0 Å². The van der Waals surface area contributed by atoms with Crippen LogP contribution in [0.15, 0.2) is 0 Å². The molecule has 4 rings (SSSR count). The van der Waals surface area contributed by atoms with E-state index in [-0.39, 0.29) is 5.97 Å². The highest BCUT2D eigenvalue weighted by Crippen LogP contribution is 2.68. The van der Waals surface area contributed by atoms with E-state index in [9.17, 15) is 4.79 Å². The molecular weight excluding hydrogens is 332 g/mol. The topological polar surface area (TPSA) is 26.3 Å². The van der Waals surface area contributed by atoms with Gasteiger partial charge in [-0.15, -0.1) is 0 Å². The van der Waals surface area contributed by atoms with Gasteiger partial charge in [-0.05, 0) is 104 Å². The van der Waals surface area contributed by atoms with Crippen LogP contribution in [0.5, 0.6) is 0 Å². The lowest BCUT2D eigenvalue weighted by Crippen LogP contribution is -2.53. The van der Waals surface area contributed by atoms with Gasteiger partial charge in [-0.3, -0.25) is 4.79 Å². The van der Waals surface area contributed by atoms with Crippen molar-refractivity contribution in [3.8, 4) is 0 Å². The maximum Gasteiger partial charge on any atom is 0.305 e. The highest BCUT2D eigenvalue weighted by molar-refractivity contribution is 5.69. The zero-order valence-electron chi connectivity index (χ0n) is 18.3. The van der Waals surface area contributed by atoms with Crippen molar-refractivity contribution in [3.05, 3.63) is 0 Å². The van der Waals surface area contributed by atoms with Gasteiger partial charge in [0.2, 0.25) is 0 Å². The van der Waals surface area contributed by atoms with Gasteiger partial charge in [0.05, 0.1) is 7.11 Å². The molecule has 0 aliphatic heterocycles. The normalized spacial score (nSPS) is 47.5. The van der Waals surface area contributed by atoms with E-state index in [0.29, 0.717) is 23.2 Å². The molecule has 4 saturated carbocycles. The molecule has 0 heterocycles. The minimum atomic E-state index is -0.0335. The Labute approximate surface area is 167 Å². The summed E-state index contributed by atoms with van der Waals surface area (Å²) in [5.74, 6) is 5.38. The summed E-state index contributed by atoms with van der Waals surface area (Å²) in [6, 6.07) is 0. The standard InChI is InChI=1S/C25H42O2/c1-17(8-13-23(26)27-4)20-11-12-21-19-10-9-18-7-5-6-15-24(18,2)22(19)14-16-25(20,21)3/h17-22H,5-16H2,1-4H3/t17-,18+,19+,20-,21+,22+,24-,25+/m0/s1. The molecule has 0 amide bonds. The summed E-state index contributed by atoms with van der Waals surface area (Å²) < 4.78 is 4.89. The molecule has 0 unspecified atom stereocenters. The molecule has 0 aromatic heterocycles. The van der Waals surface area contributed by atoms with E-state index in [1.165, 1.54) is 71.3 Å². The zero-order valence-corrected chi connectivity index (χ0v) is 18.3. The smallest absolute Gasteiger partial charge is 0.305 e. The molecule has 0 bridgehead atoms. The summed E-state index contributed by atoms with van der Waals surface area (Å²) in [6.07, 6.45) is 16.4. The van der Waals surface area contributed by atoms with Crippen LogP contribution < -0.4 is 0 Å². The van der Waals surface area contributed by atoms with Crippen LogP contribution in [-0.2, 0) is 9.53 Å². The third-order valence-corrected chi connectivity index (χ3v) is 10.4. The van der Waals surface area contributed by atoms with Crippen molar-refractivity contribution in [1.82, 2.24) is 0 Å². The van der Waals surface area contributed by atoms with Crippen LogP contribution in [0.1, 0.15) is 97.8 Å². The van der Waals surface area contributed by atoms with Gasteiger partial charge in [0, 0.05) is 6.42 Å². The fourth-order valence-corrected chi connectivity index (χ4v) is 8.92. The van der Waals surface area contributed by atoms with Gasteiger partial charge >= 0.3 is 5.97 Å². The SMILES string of the molecule is COC(=O)CC[C@H](C)[C@@H]1CC[C@@H]2[C@H]3CC[C@H]4CCCC[C@]4(C)[C@@H]3CC[C@@]21C. The van der Waals surface area contributed by atoms with Gasteiger partial charge in [-0.1, -0.05) is 33.6 Å². The molecule has 0 N–H and O–H groups in total. The minimum absolute atomic E-state index is 0.0335. The Morgan fingerprint density at radius 3 is 2.52 bits per heavy atom. The second-order valence-electron chi connectivity index (χ2n) is 11.2. The molecule has 0 radical (unpaired) electrons. The average molecular weight is 375 g/mol. The molecule has 4 aliphatic carbocycles. The van der Waals surface area contributed by atoms with Crippen LogP contribution in [0.25, 0.3) is 0 Å². The van der Waals surface area contributed by atoms with Gasteiger partial charge in [0.15, 0.2) is 0 Å². The lowest BCUT2D eigenvalue weighted by atomic mass is 9.44. The number of carbonyl (C=O) groups is 1. The number of ether oxygens (including phenoxy) is 1. The summed E-state index contributed by atoms with van der Waals surface area (Å²) in [5, 5.41) is 0. The molecule has 2 nitrogen and oxygen atoms in total. The van der Waals surface area contributed by atoms with Crippen LogP contribution in [0.4, 0.5) is 0 Å². The predicted octanol–water partition coefficient (Wildman–Crippen LogP) is 6.62. The van der Waals surface area contributed by atoms with Crippen molar-refractivity contribution >= 4 is 5.97 Å². The Morgan fingerprint density at radius 1 is 0.963 bits per heavy atom. The number of rotatable bonds is 4. The number of carbonyl (C=O) groups excluding carboxylic acids is 1. The summed E-state index contributed by atoms with van der Waals surface area (Å²) in [6.45, 7) is 7.73. The molecule has 0 aromatic carbocycles. The number of hydrogen-bond acceptors (Lipinski definition) is 2. The van der Waals surface area contributed by atoms with E-state index in [2.05, 4.69) is 20.8 Å². The fraction of sp³-hybridized carbons (Fsp3) is 0.960. The van der Waals surface area contributed by atoms with Crippen LogP contribution in [-0.4, -0.2) is 13.1 Å². The average Bonchev–Trinajstić information content (AvgIpc) is 3.02. The molecule has 2 heteroatoms. The highest BCUT2D eigenvalue weighted by atomic mass is 16.5. The lowest BCUT2D eigenvalue weighted by molar-refractivity contribution is -0.141. The monoisotopic (exact) mass is 374 g/mol. The van der Waals surface area contributed by atoms with Crippen molar-refractivity contribution in [2.45, 2.75) is 97.8 Å². The Bertz CT molecular complexity index is 557. The molecule has 27 heavy (non-hydrogen) atoms. The van der Waals surface area contributed by atoms with E-state index in [0.717, 1.165) is 36.0 Å². The molecule has 0 spiro atoms. The maximum absolute atomic E-state index is 11.6. The number of methoxy groups -OCH3 is 1. The van der Waals surface area contributed by atoms with Crippen molar-refractivity contribution in [2.75, 3.05) is 7.11 Å². The molecule has 8 atom stereocenters. The maximum atomic E-state index is 11.6. The largest absolute Gasteiger partial charge is 0.469 e. The first-order valence-corrected chi connectivity index (χ1v) is 12.0. The molecule has 154 valence electrons. The molecule has 0 saturated heterocycles. The van der Waals surface area contributed by atoms with Gasteiger partial charge in [0.25, 0.3) is 0 Å². The first-order chi connectivity index (χ1) is 12.9. The Morgan fingerprint density at radius 2 is 1.74 bits per heavy atom. The zero-order chi connectivity index (χ0) is 19.2. The van der Waals surface area contributed by atoms with Crippen LogP contribution in [0.2, 0.25) is 0 Å². The van der Waals surface area contributed by atoms with Gasteiger partial charge in [0.1, 0.15) is 0 Å². The predicted molar refractivity (Wildman–Crippen MR) is 110 cm³/mol. The minimum Gasteiger partial charge on any atom is -0.469 e. The second kappa shape index (κ2) is 7.38. The van der Waals surface area contributed by atoms with Gasteiger partial charge in [-0.25, -0.2) is 0 Å². The third-order valence-electron chi connectivity index (χ3n) is 10.4. The summed E-state index contributed by atoms with van der Waals surface area (Å²) in [5.41, 5.74) is 1.17. The van der Waals surface area contributed by atoms with E-state index < -0.39 is 0 Å². The fourth-order valence-electron chi connectivity index (χ4n) is 8.92. The van der Waals surface area contributed by atoms with Crippen molar-refractivity contribution < 1.29 is 9.53 Å². The quantitative estimate of drug-likeness (QED) is 0.517. The second-order valence-corrected chi connectivity index (χ2v) is 11.2. The first kappa shape index (κ1) is 19.8. The van der Waals surface area contributed by atoms with E-state index >= 15 is 0 Å². The van der Waals surface area contributed by atoms with Crippen molar-refractivity contribution in [2.24, 2.45) is 46.3 Å². The van der Waals surface area contributed by atoms with Crippen molar-refractivity contribution in [1.29, 1.82) is 0 Å². The molecular formula is C25H42O2. The van der Waals surface area contributed by atoms with E-state index in [4.69, 9.17) is 4.74 Å². The molecule has 4 aliphatic rings. The first-order valence-electron chi connectivity index (χ1n) is 12.0. The summed E-state index contributed by atoms with van der Waals surface area (Å²) in [7, 11) is 1.52. The summed E-state index contributed by atoms with van der Waals surface area (Å²) >= 11 is 0. The van der Waals surface area contributed by atoms with Gasteiger partial charge < -0.3 is 4.74 Å². The number of hydrogen-bond donors (Lipinski definition) is 0. The number of fused-ring (bicyclic) bond motifs is 5. The third kappa shape index (κ3) is 3.18. The molecule has 0 aromatic rings. The Hall–Kier alpha value is -0.530. The Balaban J connectivity index is 1.49. The lowest BCUT2D eigenvalue weighted by Gasteiger charge is -2.61. The van der Waals surface area contributed by atoms with Crippen LogP contribution >= 0.6 is 0 Å². The Kier molecular flexibility index (Phi) is 5.40. The van der Waals surface area contributed by atoms with Crippen LogP contribution in [0.3, 0.4) is 0 Å². The van der Waals surface area contributed by atoms with E-state index in [1.807, 2.05) is 0 Å². The van der Waals surface area contributed by atoms with Crippen molar-refractivity contribution in [3.63, 3.8) is 0 Å². The van der Waals surface area contributed by atoms with Gasteiger partial charge in [-0.2, -0.15) is 0 Å². The summed E-state index contributed by atoms with van der Waals surface area (Å²) in [4.78, 5) is 11.6. The molecule has 4 fully saturated rings.